The van der Waals surface area contributed by atoms with E-state index in [-0.39, 0.29) is 0 Å². The number of rotatable bonds is 5. The lowest BCUT2D eigenvalue weighted by Gasteiger charge is -2.39. The molecule has 1 aromatic carbocycles. The molecule has 0 radical (unpaired) electrons. The molecule has 0 N–H and O–H groups in total. The lowest BCUT2D eigenvalue weighted by molar-refractivity contribution is 0.145. The highest BCUT2D eigenvalue weighted by Crippen LogP contribution is 2.23. The van der Waals surface area contributed by atoms with Crippen molar-refractivity contribution in [2.75, 3.05) is 20.1 Å². The Kier molecular flexibility index (Phi) is 6.13. The first-order chi connectivity index (χ1) is 10.1. The van der Waals surface area contributed by atoms with E-state index in [4.69, 9.17) is 11.6 Å². The van der Waals surface area contributed by atoms with Crippen LogP contribution < -0.4 is 0 Å². The largest absolute Gasteiger partial charge is 0.368 e. The summed E-state index contributed by atoms with van der Waals surface area (Å²) in [7, 11) is 2.22. The number of hydrogen-bond acceptors (Lipinski definition) is 2. The van der Waals surface area contributed by atoms with E-state index >= 15 is 0 Å². The number of allylic oxidation sites excluding steroid dienone is 2. The van der Waals surface area contributed by atoms with E-state index in [9.17, 15) is 0 Å². The van der Waals surface area contributed by atoms with E-state index in [0.29, 0.717) is 6.04 Å². The van der Waals surface area contributed by atoms with Gasteiger partial charge in [0.15, 0.2) is 0 Å². The van der Waals surface area contributed by atoms with Gasteiger partial charge in [-0.05, 0) is 64.0 Å². The van der Waals surface area contributed by atoms with Gasteiger partial charge in [-0.25, -0.2) is 0 Å². The number of hydrogen-bond donors (Lipinski definition) is 0. The minimum atomic E-state index is 0.652. The monoisotopic (exact) mass is 306 g/mol. The quantitative estimate of drug-likeness (QED) is 0.787. The summed E-state index contributed by atoms with van der Waals surface area (Å²) in [4.78, 5) is 5.01. The smallest absolute Gasteiger partial charge is 0.0429 e. The van der Waals surface area contributed by atoms with Crippen molar-refractivity contribution in [2.45, 2.75) is 45.7 Å². The Morgan fingerprint density at radius 1 is 1.29 bits per heavy atom. The summed E-state index contributed by atoms with van der Waals surface area (Å²) in [5.41, 5.74) is 2.74. The summed E-state index contributed by atoms with van der Waals surface area (Å²) in [5, 5.41) is 0.811. The van der Waals surface area contributed by atoms with E-state index in [1.165, 1.54) is 37.2 Å². The molecule has 21 heavy (non-hydrogen) atoms. The second-order valence-corrected chi connectivity index (χ2v) is 6.48. The molecule has 2 nitrogen and oxygen atoms in total. The van der Waals surface area contributed by atoms with E-state index in [0.717, 1.165) is 18.0 Å². The third-order valence-electron chi connectivity index (χ3n) is 4.35. The standard InChI is InChI=1S/C18H27ClN2/c1-4-5-15(2)21(18-10-12-20(3)13-11-18)14-16-6-8-17(19)9-7-16/h5-9,18H,4,10-14H2,1-3H3/b15-5-. The van der Waals surface area contributed by atoms with E-state index < -0.39 is 0 Å². The Morgan fingerprint density at radius 2 is 1.90 bits per heavy atom. The van der Waals surface area contributed by atoms with Crippen molar-refractivity contribution in [2.24, 2.45) is 0 Å². The van der Waals surface area contributed by atoms with E-state index in [1.54, 1.807) is 0 Å². The van der Waals surface area contributed by atoms with Crippen molar-refractivity contribution < 1.29 is 0 Å². The molecule has 2 rings (SSSR count). The molecule has 1 heterocycles. The fourth-order valence-corrected chi connectivity index (χ4v) is 3.17. The molecule has 1 aromatic rings. The molecule has 0 aliphatic carbocycles. The van der Waals surface area contributed by atoms with Crippen LogP contribution in [0.5, 0.6) is 0 Å². The summed E-state index contributed by atoms with van der Waals surface area (Å²) < 4.78 is 0. The summed E-state index contributed by atoms with van der Waals surface area (Å²) in [6.07, 6.45) is 5.93. The van der Waals surface area contributed by atoms with Crippen molar-refractivity contribution in [1.29, 1.82) is 0 Å². The third kappa shape index (κ3) is 4.76. The maximum absolute atomic E-state index is 5.99. The molecular formula is C18H27ClN2. The first-order valence-corrected chi connectivity index (χ1v) is 8.34. The molecule has 1 aliphatic rings. The maximum atomic E-state index is 5.99. The Bertz CT molecular complexity index is 459. The van der Waals surface area contributed by atoms with Crippen LogP contribution in [0.2, 0.25) is 5.02 Å². The first kappa shape index (κ1) is 16.4. The zero-order valence-electron chi connectivity index (χ0n) is 13.5. The molecule has 0 aromatic heterocycles. The predicted molar refractivity (Wildman–Crippen MR) is 91.6 cm³/mol. The van der Waals surface area contributed by atoms with Gasteiger partial charge < -0.3 is 9.80 Å². The predicted octanol–water partition coefficient (Wildman–Crippen LogP) is 4.55. The lowest BCUT2D eigenvalue weighted by Crippen LogP contribution is -2.42. The molecule has 0 spiro atoms. The average Bonchev–Trinajstić information content (AvgIpc) is 2.48. The minimum absolute atomic E-state index is 0.652. The maximum Gasteiger partial charge on any atom is 0.0429 e. The van der Waals surface area contributed by atoms with Crippen molar-refractivity contribution in [3.05, 3.63) is 46.6 Å². The summed E-state index contributed by atoms with van der Waals surface area (Å²) in [6.45, 7) is 7.83. The topological polar surface area (TPSA) is 6.48 Å². The molecule has 1 aliphatic heterocycles. The van der Waals surface area contributed by atoms with Gasteiger partial charge in [0, 0.05) is 23.3 Å². The second-order valence-electron chi connectivity index (χ2n) is 6.04. The zero-order chi connectivity index (χ0) is 15.2. The van der Waals surface area contributed by atoms with Gasteiger partial charge >= 0.3 is 0 Å². The molecule has 1 fully saturated rings. The van der Waals surface area contributed by atoms with Crippen LogP contribution in [0.3, 0.4) is 0 Å². The van der Waals surface area contributed by atoms with Crippen LogP contribution in [0.4, 0.5) is 0 Å². The Labute approximate surface area is 134 Å². The number of benzene rings is 1. The molecule has 0 amide bonds. The third-order valence-corrected chi connectivity index (χ3v) is 4.60. The van der Waals surface area contributed by atoms with Crippen LogP contribution in [0.1, 0.15) is 38.7 Å². The van der Waals surface area contributed by atoms with Gasteiger partial charge in [0.2, 0.25) is 0 Å². The van der Waals surface area contributed by atoms with Gasteiger partial charge in [0.25, 0.3) is 0 Å². The highest BCUT2D eigenvalue weighted by atomic mass is 35.5. The van der Waals surface area contributed by atoms with Crippen molar-refractivity contribution in [3.63, 3.8) is 0 Å². The molecule has 116 valence electrons. The molecule has 0 saturated carbocycles. The summed E-state index contributed by atoms with van der Waals surface area (Å²) in [5.74, 6) is 0. The summed E-state index contributed by atoms with van der Waals surface area (Å²) >= 11 is 5.99. The van der Waals surface area contributed by atoms with Crippen LogP contribution in [-0.4, -0.2) is 36.0 Å². The Balaban J connectivity index is 2.12. The number of piperidine rings is 1. The second kappa shape index (κ2) is 7.86. The van der Waals surface area contributed by atoms with Crippen LogP contribution >= 0.6 is 11.6 Å². The van der Waals surface area contributed by atoms with Crippen LogP contribution in [0.15, 0.2) is 36.0 Å². The van der Waals surface area contributed by atoms with Gasteiger partial charge in [0.05, 0.1) is 0 Å². The molecule has 1 saturated heterocycles. The van der Waals surface area contributed by atoms with Crippen molar-refractivity contribution >= 4 is 11.6 Å². The van der Waals surface area contributed by atoms with Gasteiger partial charge in [0.1, 0.15) is 0 Å². The minimum Gasteiger partial charge on any atom is -0.368 e. The van der Waals surface area contributed by atoms with Crippen LogP contribution in [-0.2, 0) is 6.54 Å². The number of likely N-dealkylation sites (tertiary alicyclic amines) is 1. The molecule has 0 unspecified atom stereocenters. The highest BCUT2D eigenvalue weighted by molar-refractivity contribution is 6.30. The SMILES string of the molecule is CC/C=C(/C)N(Cc1ccc(Cl)cc1)C1CCN(C)CC1. The van der Waals surface area contributed by atoms with Crippen LogP contribution in [0, 0.1) is 0 Å². The summed E-state index contributed by atoms with van der Waals surface area (Å²) in [6, 6.07) is 8.91. The van der Waals surface area contributed by atoms with Gasteiger partial charge in [-0.2, -0.15) is 0 Å². The molecule has 0 bridgehead atoms. The van der Waals surface area contributed by atoms with Crippen molar-refractivity contribution in [1.82, 2.24) is 9.80 Å². The van der Waals surface area contributed by atoms with Crippen molar-refractivity contribution in [3.8, 4) is 0 Å². The number of nitrogens with zero attached hydrogens (tertiary/aromatic N) is 2. The average molecular weight is 307 g/mol. The molecule has 3 heteroatoms. The van der Waals surface area contributed by atoms with E-state index in [2.05, 4.69) is 48.9 Å². The number of halogens is 1. The Morgan fingerprint density at radius 3 is 2.48 bits per heavy atom. The fraction of sp³-hybridized carbons (Fsp3) is 0.556. The molecule has 0 atom stereocenters. The molecular weight excluding hydrogens is 280 g/mol. The zero-order valence-corrected chi connectivity index (χ0v) is 14.2. The Hall–Kier alpha value is -0.990. The normalized spacial score (nSPS) is 18.0. The van der Waals surface area contributed by atoms with E-state index in [1.807, 2.05) is 12.1 Å². The van der Waals surface area contributed by atoms with Gasteiger partial charge in [-0.15, -0.1) is 0 Å². The lowest BCUT2D eigenvalue weighted by atomic mass is 10.0. The fourth-order valence-electron chi connectivity index (χ4n) is 3.05. The van der Waals surface area contributed by atoms with Crippen LogP contribution in [0.25, 0.3) is 0 Å². The first-order valence-electron chi connectivity index (χ1n) is 7.96. The van der Waals surface area contributed by atoms with Gasteiger partial charge in [-0.1, -0.05) is 36.7 Å². The highest BCUT2D eigenvalue weighted by Gasteiger charge is 2.23. The van der Waals surface area contributed by atoms with Gasteiger partial charge in [-0.3, -0.25) is 0 Å².